The molecule has 5 rings (SSSR count). The van der Waals surface area contributed by atoms with Crippen molar-refractivity contribution >= 4 is 34.6 Å². The molecule has 0 spiro atoms. The second kappa shape index (κ2) is 7.49. The molecule has 3 heterocycles. The number of rotatable bonds is 5. The third-order valence-electron chi connectivity index (χ3n) is 5.50. The number of nitrogens with zero attached hydrogens (tertiary/aromatic N) is 2. The van der Waals surface area contributed by atoms with Crippen LogP contribution < -0.4 is 4.90 Å². The van der Waals surface area contributed by atoms with Crippen molar-refractivity contribution in [3.8, 4) is 0 Å². The van der Waals surface area contributed by atoms with Crippen LogP contribution in [0.2, 0.25) is 0 Å². The van der Waals surface area contributed by atoms with Gasteiger partial charge in [0.05, 0.1) is 34.5 Å². The Hall–Kier alpha value is -4.66. The zero-order chi connectivity index (χ0) is 23.3. The van der Waals surface area contributed by atoms with Crippen LogP contribution in [0.25, 0.3) is 11.0 Å². The van der Waals surface area contributed by atoms with E-state index in [1.54, 1.807) is 18.2 Å². The molecule has 9 nitrogen and oxygen atoms in total. The summed E-state index contributed by atoms with van der Waals surface area (Å²) >= 11 is 0. The standard InChI is InChI=1S/C24H17N3O6/c1-12-4-2-5-13(10-12)19-18(20(28)17-6-3-9-33-17)21(29)22(30)27(19)24-25-15-8-7-14(23(31)32)11-16(15)26-24/h2-11,19,29H,1H3,(H,25,26)(H,31,32). The minimum absolute atomic E-state index is 0.0143. The number of carbonyl (C=O) groups excluding carboxylic acids is 2. The average Bonchev–Trinajstić information content (AvgIpc) is 3.51. The van der Waals surface area contributed by atoms with E-state index in [0.717, 1.165) is 5.56 Å². The van der Waals surface area contributed by atoms with Crippen molar-refractivity contribution in [3.63, 3.8) is 0 Å². The third-order valence-corrected chi connectivity index (χ3v) is 5.50. The Morgan fingerprint density at radius 2 is 1.94 bits per heavy atom. The Balaban J connectivity index is 1.68. The number of anilines is 1. The first-order chi connectivity index (χ1) is 15.8. The van der Waals surface area contributed by atoms with Crippen molar-refractivity contribution in [3.05, 3.63) is 94.6 Å². The fourth-order valence-electron chi connectivity index (χ4n) is 4.00. The number of aliphatic hydroxyl groups is 1. The molecule has 1 aliphatic heterocycles. The molecular weight excluding hydrogens is 426 g/mol. The highest BCUT2D eigenvalue weighted by Crippen LogP contribution is 2.41. The van der Waals surface area contributed by atoms with Gasteiger partial charge in [0, 0.05) is 0 Å². The van der Waals surface area contributed by atoms with E-state index in [9.17, 15) is 24.6 Å². The molecule has 2 aromatic heterocycles. The third kappa shape index (κ3) is 3.26. The van der Waals surface area contributed by atoms with Crippen molar-refractivity contribution in [1.29, 1.82) is 0 Å². The van der Waals surface area contributed by atoms with Gasteiger partial charge in [0.2, 0.25) is 11.7 Å². The molecule has 4 aromatic rings. The highest BCUT2D eigenvalue weighted by atomic mass is 16.4. The first-order valence-corrected chi connectivity index (χ1v) is 9.99. The number of H-pyrrole nitrogens is 1. The molecule has 0 bridgehead atoms. The summed E-state index contributed by atoms with van der Waals surface area (Å²) < 4.78 is 5.22. The SMILES string of the molecule is Cc1cccc(C2C(C(=O)c3ccco3)=C(O)C(=O)N2c2nc3ccc(C(=O)O)cc3[nH]2)c1. The summed E-state index contributed by atoms with van der Waals surface area (Å²) in [5.41, 5.74) is 2.23. The molecular formula is C24H17N3O6. The van der Waals surface area contributed by atoms with Crippen LogP contribution in [0.15, 0.2) is 76.6 Å². The minimum Gasteiger partial charge on any atom is -0.503 e. The van der Waals surface area contributed by atoms with Crippen molar-refractivity contribution < 1.29 is 29.0 Å². The molecule has 0 radical (unpaired) electrons. The van der Waals surface area contributed by atoms with Crippen LogP contribution in [-0.4, -0.2) is 37.8 Å². The van der Waals surface area contributed by atoms with E-state index < -0.39 is 29.5 Å². The lowest BCUT2D eigenvalue weighted by Gasteiger charge is -2.24. The highest BCUT2D eigenvalue weighted by molar-refractivity contribution is 6.20. The number of aryl methyl sites for hydroxylation is 1. The van der Waals surface area contributed by atoms with E-state index in [2.05, 4.69) is 9.97 Å². The van der Waals surface area contributed by atoms with Gasteiger partial charge in [-0.05, 0) is 42.8 Å². The Morgan fingerprint density at radius 1 is 1.12 bits per heavy atom. The number of imidazole rings is 1. The topological polar surface area (TPSA) is 137 Å². The van der Waals surface area contributed by atoms with E-state index in [1.807, 2.05) is 19.1 Å². The predicted molar refractivity (Wildman–Crippen MR) is 117 cm³/mol. The number of carbonyl (C=O) groups is 3. The molecule has 1 atom stereocenters. The van der Waals surface area contributed by atoms with E-state index in [4.69, 9.17) is 4.42 Å². The smallest absolute Gasteiger partial charge is 0.335 e. The average molecular weight is 443 g/mol. The van der Waals surface area contributed by atoms with Crippen molar-refractivity contribution in [1.82, 2.24) is 9.97 Å². The summed E-state index contributed by atoms with van der Waals surface area (Å²) in [7, 11) is 0. The quantitative estimate of drug-likeness (QED) is 0.397. The molecule has 1 aliphatic rings. The number of aromatic nitrogens is 2. The lowest BCUT2D eigenvalue weighted by atomic mass is 9.94. The van der Waals surface area contributed by atoms with Crippen LogP contribution in [0.3, 0.4) is 0 Å². The number of aromatic carboxylic acids is 1. The zero-order valence-electron chi connectivity index (χ0n) is 17.3. The molecule has 0 saturated heterocycles. The molecule has 164 valence electrons. The van der Waals surface area contributed by atoms with Gasteiger partial charge in [0.25, 0.3) is 5.91 Å². The Morgan fingerprint density at radius 3 is 2.64 bits per heavy atom. The van der Waals surface area contributed by atoms with E-state index in [-0.39, 0.29) is 22.8 Å². The number of hydrogen-bond donors (Lipinski definition) is 3. The first kappa shape index (κ1) is 20.3. The molecule has 0 aliphatic carbocycles. The fraction of sp³-hybridized carbons (Fsp3) is 0.0833. The summed E-state index contributed by atoms with van der Waals surface area (Å²) in [4.78, 5) is 46.3. The largest absolute Gasteiger partial charge is 0.503 e. The fourth-order valence-corrected chi connectivity index (χ4v) is 4.00. The van der Waals surface area contributed by atoms with E-state index in [1.165, 1.54) is 35.4 Å². The second-order valence-electron chi connectivity index (χ2n) is 7.66. The first-order valence-electron chi connectivity index (χ1n) is 9.99. The maximum Gasteiger partial charge on any atom is 0.335 e. The number of furan rings is 1. The minimum atomic E-state index is -1.10. The van der Waals surface area contributed by atoms with Crippen LogP contribution >= 0.6 is 0 Å². The van der Waals surface area contributed by atoms with Crippen LogP contribution in [0.5, 0.6) is 0 Å². The monoisotopic (exact) mass is 443 g/mol. The summed E-state index contributed by atoms with van der Waals surface area (Å²) in [6.45, 7) is 1.87. The number of hydrogen-bond acceptors (Lipinski definition) is 6. The van der Waals surface area contributed by atoms with E-state index >= 15 is 0 Å². The number of carboxylic acid groups (broad SMARTS) is 1. The maximum atomic E-state index is 13.2. The molecule has 0 fully saturated rings. The number of amides is 1. The summed E-state index contributed by atoms with van der Waals surface area (Å²) in [6.07, 6.45) is 1.33. The van der Waals surface area contributed by atoms with Crippen LogP contribution in [-0.2, 0) is 4.79 Å². The van der Waals surface area contributed by atoms with Crippen molar-refractivity contribution in [2.45, 2.75) is 13.0 Å². The number of Topliss-reactive ketones (excluding diaryl/α,β-unsaturated/α-hetero) is 1. The normalized spacial score (nSPS) is 16.1. The maximum absolute atomic E-state index is 13.2. The van der Waals surface area contributed by atoms with E-state index in [0.29, 0.717) is 16.6 Å². The van der Waals surface area contributed by atoms with Gasteiger partial charge in [-0.25, -0.2) is 9.78 Å². The number of benzene rings is 2. The number of fused-ring (bicyclic) bond motifs is 1. The molecule has 9 heteroatoms. The van der Waals surface area contributed by atoms with Crippen molar-refractivity contribution in [2.24, 2.45) is 0 Å². The van der Waals surface area contributed by atoms with Gasteiger partial charge in [-0.3, -0.25) is 14.5 Å². The molecule has 0 saturated carbocycles. The lowest BCUT2D eigenvalue weighted by Crippen LogP contribution is -2.32. The van der Waals surface area contributed by atoms with Gasteiger partial charge < -0.3 is 19.6 Å². The van der Waals surface area contributed by atoms with Gasteiger partial charge in [-0.15, -0.1) is 0 Å². The Labute approximate surface area is 186 Å². The molecule has 1 unspecified atom stereocenters. The predicted octanol–water partition coefficient (Wildman–Crippen LogP) is 3.95. The summed E-state index contributed by atoms with van der Waals surface area (Å²) in [5, 5.41) is 20.0. The number of aliphatic hydroxyl groups excluding tert-OH is 1. The number of nitrogens with one attached hydrogen (secondary N) is 1. The van der Waals surface area contributed by atoms with Gasteiger partial charge in [0.15, 0.2) is 11.5 Å². The summed E-state index contributed by atoms with van der Waals surface area (Å²) in [5.74, 6) is -3.18. The second-order valence-corrected chi connectivity index (χ2v) is 7.66. The Bertz CT molecular complexity index is 1460. The number of ketones is 1. The van der Waals surface area contributed by atoms with Crippen LogP contribution in [0.4, 0.5) is 5.95 Å². The summed E-state index contributed by atoms with van der Waals surface area (Å²) in [6, 6.07) is 13.6. The van der Waals surface area contributed by atoms with Gasteiger partial charge in [0.1, 0.15) is 0 Å². The van der Waals surface area contributed by atoms with Crippen LogP contribution in [0, 0.1) is 6.92 Å². The lowest BCUT2D eigenvalue weighted by molar-refractivity contribution is -0.117. The van der Waals surface area contributed by atoms with Crippen molar-refractivity contribution in [2.75, 3.05) is 4.90 Å². The van der Waals surface area contributed by atoms with Crippen LogP contribution in [0.1, 0.15) is 38.1 Å². The van der Waals surface area contributed by atoms with Gasteiger partial charge in [-0.1, -0.05) is 29.8 Å². The Kier molecular flexibility index (Phi) is 4.59. The number of aromatic amines is 1. The molecule has 3 N–H and O–H groups in total. The molecule has 33 heavy (non-hydrogen) atoms. The number of carboxylic acids is 1. The van der Waals surface area contributed by atoms with Gasteiger partial charge in [-0.2, -0.15) is 0 Å². The zero-order valence-corrected chi connectivity index (χ0v) is 17.3. The van der Waals surface area contributed by atoms with Gasteiger partial charge >= 0.3 is 5.97 Å². The molecule has 2 aromatic carbocycles. The highest BCUT2D eigenvalue weighted by Gasteiger charge is 2.46. The molecule has 1 amide bonds.